The number of carboxylic acid groups (broad SMARTS) is 1. The van der Waals surface area contributed by atoms with Crippen LogP contribution in [0.15, 0.2) is 6.07 Å². The van der Waals surface area contributed by atoms with E-state index in [0.717, 1.165) is 0 Å². The number of aryl methyl sites for hydroxylation is 1. The predicted molar refractivity (Wildman–Crippen MR) is 49.9 cm³/mol. The fourth-order valence-corrected chi connectivity index (χ4v) is 1.24. The molecule has 0 spiro atoms. The molecule has 0 aliphatic carbocycles. The van der Waals surface area contributed by atoms with Crippen LogP contribution in [-0.2, 0) is 0 Å². The van der Waals surface area contributed by atoms with Crippen LogP contribution in [0, 0.1) is 13.8 Å². The first-order chi connectivity index (χ1) is 6.49. The van der Waals surface area contributed by atoms with Crippen LogP contribution in [0.3, 0.4) is 0 Å². The van der Waals surface area contributed by atoms with Gasteiger partial charge in [0, 0.05) is 5.56 Å². The van der Waals surface area contributed by atoms with Crippen molar-refractivity contribution in [3.05, 3.63) is 28.3 Å². The molecule has 0 radical (unpaired) electrons. The molecule has 1 rings (SSSR count). The molecule has 2 N–H and O–H groups in total. The van der Waals surface area contributed by atoms with Gasteiger partial charge in [-0.2, -0.15) is 0 Å². The van der Waals surface area contributed by atoms with Crippen molar-refractivity contribution in [1.29, 1.82) is 0 Å². The fourth-order valence-electron chi connectivity index (χ4n) is 1.24. The molecule has 74 valence electrons. The lowest BCUT2D eigenvalue weighted by Crippen LogP contribution is -2.04. The summed E-state index contributed by atoms with van der Waals surface area (Å²) in [4.78, 5) is 21.3. The molecule has 1 aromatic rings. The minimum absolute atomic E-state index is 0.00176. The van der Waals surface area contributed by atoms with Gasteiger partial charge in [-0.05, 0) is 31.0 Å². The molecule has 0 atom stereocenters. The zero-order valence-electron chi connectivity index (χ0n) is 7.87. The standard InChI is InChI=1S/C10H10O4/c1-5-3-7(4-11)8(10(13)14)9(12)6(5)2/h3-4,12H,1-2H3,(H,13,14). The van der Waals surface area contributed by atoms with E-state index >= 15 is 0 Å². The average Bonchev–Trinajstić information content (AvgIpc) is 2.12. The first-order valence-corrected chi connectivity index (χ1v) is 4.00. The number of aldehydes is 1. The minimum atomic E-state index is -1.30. The third kappa shape index (κ3) is 1.46. The van der Waals surface area contributed by atoms with Crippen molar-refractivity contribution >= 4 is 12.3 Å². The smallest absolute Gasteiger partial charge is 0.340 e. The Kier molecular flexibility index (Phi) is 2.56. The molecule has 0 aliphatic heterocycles. The lowest BCUT2D eigenvalue weighted by molar-refractivity contribution is 0.0690. The number of hydrogen-bond acceptors (Lipinski definition) is 3. The first kappa shape index (κ1) is 10.2. The van der Waals surface area contributed by atoms with E-state index in [1.165, 1.54) is 6.07 Å². The highest BCUT2D eigenvalue weighted by atomic mass is 16.4. The maximum atomic E-state index is 10.7. The molecule has 0 heterocycles. The van der Waals surface area contributed by atoms with Crippen molar-refractivity contribution in [2.75, 3.05) is 0 Å². The molecular formula is C10H10O4. The van der Waals surface area contributed by atoms with Crippen molar-refractivity contribution in [3.8, 4) is 5.75 Å². The Morgan fingerprint density at radius 2 is 2.00 bits per heavy atom. The highest BCUT2D eigenvalue weighted by molar-refractivity contribution is 6.00. The van der Waals surface area contributed by atoms with Crippen LogP contribution in [-0.4, -0.2) is 22.5 Å². The number of aromatic carboxylic acids is 1. The van der Waals surface area contributed by atoms with Crippen LogP contribution < -0.4 is 0 Å². The van der Waals surface area contributed by atoms with E-state index < -0.39 is 5.97 Å². The van der Waals surface area contributed by atoms with Gasteiger partial charge < -0.3 is 10.2 Å². The number of aromatic hydroxyl groups is 1. The molecule has 0 saturated carbocycles. The van der Waals surface area contributed by atoms with E-state index in [9.17, 15) is 14.7 Å². The number of benzene rings is 1. The minimum Gasteiger partial charge on any atom is -0.507 e. The largest absolute Gasteiger partial charge is 0.507 e. The molecule has 14 heavy (non-hydrogen) atoms. The molecule has 0 unspecified atom stereocenters. The maximum Gasteiger partial charge on any atom is 0.340 e. The third-order valence-electron chi connectivity index (χ3n) is 2.19. The summed E-state index contributed by atoms with van der Waals surface area (Å²) in [6.07, 6.45) is 0.426. The summed E-state index contributed by atoms with van der Waals surface area (Å²) in [5.41, 5.74) is 0.837. The van der Waals surface area contributed by atoms with Crippen molar-refractivity contribution in [2.24, 2.45) is 0 Å². The molecule has 1 aromatic carbocycles. The van der Waals surface area contributed by atoms with Crippen molar-refractivity contribution in [1.82, 2.24) is 0 Å². The number of carbonyl (C=O) groups is 2. The van der Waals surface area contributed by atoms with Gasteiger partial charge in [0.2, 0.25) is 0 Å². The van der Waals surface area contributed by atoms with Crippen LogP contribution in [0.1, 0.15) is 31.8 Å². The summed E-state index contributed by atoms with van der Waals surface area (Å²) in [5.74, 6) is -1.63. The van der Waals surface area contributed by atoms with E-state index in [1.807, 2.05) is 0 Å². The Morgan fingerprint density at radius 1 is 1.43 bits per heavy atom. The van der Waals surface area contributed by atoms with Crippen molar-refractivity contribution in [2.45, 2.75) is 13.8 Å². The Bertz CT molecular complexity index is 407. The van der Waals surface area contributed by atoms with Crippen molar-refractivity contribution < 1.29 is 19.8 Å². The van der Waals surface area contributed by atoms with E-state index in [-0.39, 0.29) is 16.9 Å². The molecule has 0 amide bonds. The molecule has 0 fully saturated rings. The predicted octanol–water partition coefficient (Wildman–Crippen LogP) is 1.52. The Labute approximate surface area is 80.8 Å². The summed E-state index contributed by atoms with van der Waals surface area (Å²) in [5, 5.41) is 18.3. The zero-order valence-corrected chi connectivity index (χ0v) is 7.87. The van der Waals surface area contributed by atoms with E-state index in [2.05, 4.69) is 0 Å². The average molecular weight is 194 g/mol. The van der Waals surface area contributed by atoms with Gasteiger partial charge in [0.1, 0.15) is 11.3 Å². The van der Waals surface area contributed by atoms with Crippen LogP contribution in [0.2, 0.25) is 0 Å². The van der Waals surface area contributed by atoms with Gasteiger partial charge in [-0.15, -0.1) is 0 Å². The third-order valence-corrected chi connectivity index (χ3v) is 2.19. The Balaban J connectivity index is 3.61. The SMILES string of the molecule is Cc1cc(C=O)c(C(=O)O)c(O)c1C. The number of rotatable bonds is 2. The summed E-state index contributed by atoms with van der Waals surface area (Å²) >= 11 is 0. The monoisotopic (exact) mass is 194 g/mol. The highest BCUT2D eigenvalue weighted by Crippen LogP contribution is 2.27. The second kappa shape index (κ2) is 3.49. The summed E-state index contributed by atoms with van der Waals surface area (Å²) < 4.78 is 0. The van der Waals surface area contributed by atoms with Crippen LogP contribution >= 0.6 is 0 Å². The molecular weight excluding hydrogens is 184 g/mol. The van der Waals surface area contributed by atoms with Crippen LogP contribution in [0.5, 0.6) is 5.75 Å². The van der Waals surface area contributed by atoms with E-state index in [0.29, 0.717) is 17.4 Å². The second-order valence-electron chi connectivity index (χ2n) is 3.05. The fraction of sp³-hybridized carbons (Fsp3) is 0.200. The number of hydrogen-bond donors (Lipinski definition) is 2. The maximum absolute atomic E-state index is 10.7. The van der Waals surface area contributed by atoms with Gasteiger partial charge in [-0.3, -0.25) is 4.79 Å². The van der Waals surface area contributed by atoms with Crippen LogP contribution in [0.25, 0.3) is 0 Å². The van der Waals surface area contributed by atoms with E-state index in [4.69, 9.17) is 5.11 Å². The van der Waals surface area contributed by atoms with Gasteiger partial charge in [0.05, 0.1) is 0 Å². The Hall–Kier alpha value is -1.84. The second-order valence-corrected chi connectivity index (χ2v) is 3.05. The summed E-state index contributed by atoms with van der Waals surface area (Å²) in [6.45, 7) is 3.30. The topological polar surface area (TPSA) is 74.6 Å². The normalized spacial score (nSPS) is 9.86. The molecule has 0 bridgehead atoms. The molecule has 4 nitrogen and oxygen atoms in total. The van der Waals surface area contributed by atoms with E-state index in [1.54, 1.807) is 13.8 Å². The lowest BCUT2D eigenvalue weighted by Gasteiger charge is -2.08. The molecule has 0 aliphatic rings. The van der Waals surface area contributed by atoms with Gasteiger partial charge in [0.15, 0.2) is 6.29 Å². The summed E-state index contributed by atoms with van der Waals surface area (Å²) in [7, 11) is 0. The van der Waals surface area contributed by atoms with Crippen molar-refractivity contribution in [3.63, 3.8) is 0 Å². The van der Waals surface area contributed by atoms with Gasteiger partial charge in [0.25, 0.3) is 0 Å². The molecule has 0 aromatic heterocycles. The van der Waals surface area contributed by atoms with Gasteiger partial charge >= 0.3 is 5.97 Å². The van der Waals surface area contributed by atoms with Crippen LogP contribution in [0.4, 0.5) is 0 Å². The first-order valence-electron chi connectivity index (χ1n) is 4.00. The lowest BCUT2D eigenvalue weighted by atomic mass is 9.99. The Morgan fingerprint density at radius 3 is 2.43 bits per heavy atom. The zero-order chi connectivity index (χ0) is 10.9. The quantitative estimate of drug-likeness (QED) is 0.700. The number of carboxylic acids is 1. The van der Waals surface area contributed by atoms with Gasteiger partial charge in [-0.25, -0.2) is 4.79 Å². The molecule has 0 saturated heterocycles. The number of phenols is 1. The number of carbonyl (C=O) groups excluding carboxylic acids is 1. The highest BCUT2D eigenvalue weighted by Gasteiger charge is 2.18. The molecule has 4 heteroatoms. The summed E-state index contributed by atoms with van der Waals surface area (Å²) in [6, 6.07) is 1.45. The van der Waals surface area contributed by atoms with Gasteiger partial charge in [-0.1, -0.05) is 0 Å².